The van der Waals surface area contributed by atoms with Crippen molar-refractivity contribution in [1.82, 2.24) is 0 Å². The second kappa shape index (κ2) is 6.34. The lowest BCUT2D eigenvalue weighted by Gasteiger charge is -2.43. The van der Waals surface area contributed by atoms with Gasteiger partial charge in [-0.3, -0.25) is 0 Å². The second-order valence-corrected chi connectivity index (χ2v) is 6.20. The summed E-state index contributed by atoms with van der Waals surface area (Å²) in [5.41, 5.74) is 7.07. The van der Waals surface area contributed by atoms with Gasteiger partial charge in [-0.25, -0.2) is 0 Å². The fourth-order valence-corrected chi connectivity index (χ4v) is 3.32. The van der Waals surface area contributed by atoms with Crippen LogP contribution in [-0.4, -0.2) is 31.5 Å². The number of rotatable bonds is 3. The van der Waals surface area contributed by atoms with Crippen LogP contribution < -0.4 is 10.5 Å². The molecular weight excluding hydrogens is 266 g/mol. The maximum Gasteiger partial charge on any atom is 0.124 e. The molecule has 0 aromatic heterocycles. The van der Waals surface area contributed by atoms with Gasteiger partial charge in [-0.1, -0.05) is 18.2 Å². The van der Waals surface area contributed by atoms with Gasteiger partial charge in [-0.2, -0.15) is 0 Å². The van der Waals surface area contributed by atoms with Gasteiger partial charge in [0.05, 0.1) is 12.2 Å². The largest absolute Gasteiger partial charge is 0.490 e. The number of benzene rings is 1. The average molecular weight is 291 g/mol. The fourth-order valence-electron chi connectivity index (χ4n) is 3.32. The molecule has 0 bridgehead atoms. The molecule has 2 fully saturated rings. The lowest BCUT2D eigenvalue weighted by atomic mass is 9.85. The third-order valence-corrected chi connectivity index (χ3v) is 4.55. The predicted molar refractivity (Wildman–Crippen MR) is 81.4 cm³/mol. The van der Waals surface area contributed by atoms with Crippen LogP contribution in [0.3, 0.4) is 0 Å². The molecule has 116 valence electrons. The van der Waals surface area contributed by atoms with E-state index in [-0.39, 0.29) is 17.7 Å². The van der Waals surface area contributed by atoms with Crippen molar-refractivity contribution >= 4 is 0 Å². The summed E-state index contributed by atoms with van der Waals surface area (Å²) in [6.07, 6.45) is 4.04. The van der Waals surface area contributed by atoms with Crippen molar-refractivity contribution in [3.8, 4) is 5.75 Å². The molecule has 0 amide bonds. The molecule has 2 atom stereocenters. The Hall–Kier alpha value is -1.10. The first-order valence-corrected chi connectivity index (χ1v) is 7.91. The molecular formula is C17H25NO3. The van der Waals surface area contributed by atoms with E-state index >= 15 is 0 Å². The van der Waals surface area contributed by atoms with Gasteiger partial charge in [-0.05, 0) is 25.8 Å². The standard InChI is InChI=1S/C17H25NO3/c1-13(18)15-4-2-3-5-16(15)21-14-6-9-20-17(12-14)7-10-19-11-8-17/h2-5,13-14H,6-12,18H2,1H3/t13-,14?/m1/s1. The highest BCUT2D eigenvalue weighted by atomic mass is 16.5. The zero-order valence-electron chi connectivity index (χ0n) is 12.7. The lowest BCUT2D eigenvalue weighted by molar-refractivity contribution is -0.155. The minimum absolute atomic E-state index is 0.0157. The van der Waals surface area contributed by atoms with Gasteiger partial charge in [-0.15, -0.1) is 0 Å². The van der Waals surface area contributed by atoms with E-state index in [0.29, 0.717) is 0 Å². The second-order valence-electron chi connectivity index (χ2n) is 6.20. The molecule has 2 heterocycles. The van der Waals surface area contributed by atoms with E-state index in [4.69, 9.17) is 19.9 Å². The molecule has 0 aliphatic carbocycles. The first kappa shape index (κ1) is 14.8. The maximum atomic E-state index is 6.27. The Bertz CT molecular complexity index is 463. The summed E-state index contributed by atoms with van der Waals surface area (Å²) in [6, 6.07) is 8.06. The average Bonchev–Trinajstić information content (AvgIpc) is 2.48. The molecule has 21 heavy (non-hydrogen) atoms. The van der Waals surface area contributed by atoms with Gasteiger partial charge in [0.1, 0.15) is 11.9 Å². The molecule has 4 heteroatoms. The summed E-state index contributed by atoms with van der Waals surface area (Å²) in [5.74, 6) is 0.918. The van der Waals surface area contributed by atoms with Crippen molar-refractivity contribution in [1.29, 1.82) is 0 Å². The number of nitrogens with two attached hydrogens (primary N) is 1. The topological polar surface area (TPSA) is 53.7 Å². The van der Waals surface area contributed by atoms with Gasteiger partial charge < -0.3 is 19.9 Å². The first-order valence-electron chi connectivity index (χ1n) is 7.91. The Morgan fingerprint density at radius 3 is 2.76 bits per heavy atom. The molecule has 0 saturated carbocycles. The van der Waals surface area contributed by atoms with E-state index in [2.05, 4.69) is 0 Å². The molecule has 2 N–H and O–H groups in total. The highest BCUT2D eigenvalue weighted by molar-refractivity contribution is 5.35. The third-order valence-electron chi connectivity index (χ3n) is 4.55. The zero-order chi connectivity index (χ0) is 14.7. The van der Waals surface area contributed by atoms with Crippen LogP contribution in [0, 0.1) is 0 Å². The monoisotopic (exact) mass is 291 g/mol. The van der Waals surface area contributed by atoms with Crippen LogP contribution in [0.2, 0.25) is 0 Å². The van der Waals surface area contributed by atoms with E-state index in [0.717, 1.165) is 56.8 Å². The molecule has 1 aromatic rings. The van der Waals surface area contributed by atoms with Gasteiger partial charge in [0, 0.05) is 37.7 Å². The van der Waals surface area contributed by atoms with Crippen molar-refractivity contribution in [2.75, 3.05) is 19.8 Å². The lowest BCUT2D eigenvalue weighted by Crippen LogP contribution is -2.47. The van der Waals surface area contributed by atoms with Crippen LogP contribution in [-0.2, 0) is 9.47 Å². The van der Waals surface area contributed by atoms with E-state index in [1.54, 1.807) is 0 Å². The highest BCUT2D eigenvalue weighted by Gasteiger charge is 2.40. The third kappa shape index (κ3) is 3.39. The van der Waals surface area contributed by atoms with Crippen LogP contribution in [0.1, 0.15) is 44.2 Å². The van der Waals surface area contributed by atoms with Gasteiger partial charge in [0.15, 0.2) is 0 Å². The summed E-state index contributed by atoms with van der Waals surface area (Å²) in [6.45, 7) is 4.35. The van der Waals surface area contributed by atoms with Gasteiger partial charge in [0.2, 0.25) is 0 Å². The van der Waals surface area contributed by atoms with Gasteiger partial charge >= 0.3 is 0 Å². The summed E-state index contributed by atoms with van der Waals surface area (Å²) < 4.78 is 17.8. The fraction of sp³-hybridized carbons (Fsp3) is 0.647. The van der Waals surface area contributed by atoms with Crippen LogP contribution in [0.4, 0.5) is 0 Å². The maximum absolute atomic E-state index is 6.27. The Balaban J connectivity index is 1.70. The molecule has 1 unspecified atom stereocenters. The van der Waals surface area contributed by atoms with Crippen molar-refractivity contribution in [3.05, 3.63) is 29.8 Å². The molecule has 2 aliphatic rings. The van der Waals surface area contributed by atoms with E-state index in [1.807, 2.05) is 31.2 Å². The van der Waals surface area contributed by atoms with E-state index in [9.17, 15) is 0 Å². The predicted octanol–water partition coefficient (Wildman–Crippen LogP) is 2.81. The minimum atomic E-state index is -0.0373. The van der Waals surface area contributed by atoms with Crippen LogP contribution in [0.15, 0.2) is 24.3 Å². The van der Waals surface area contributed by atoms with Crippen molar-refractivity contribution in [2.24, 2.45) is 5.73 Å². The number of ether oxygens (including phenoxy) is 3. The normalized spacial score (nSPS) is 26.5. The van der Waals surface area contributed by atoms with Crippen LogP contribution in [0.5, 0.6) is 5.75 Å². The first-order chi connectivity index (χ1) is 10.2. The van der Waals surface area contributed by atoms with Crippen molar-refractivity contribution in [2.45, 2.75) is 50.4 Å². The smallest absolute Gasteiger partial charge is 0.124 e. The number of para-hydroxylation sites is 1. The molecule has 0 radical (unpaired) electrons. The molecule has 1 spiro atoms. The number of hydrogen-bond acceptors (Lipinski definition) is 4. The zero-order valence-corrected chi connectivity index (χ0v) is 12.7. The molecule has 2 saturated heterocycles. The molecule has 4 nitrogen and oxygen atoms in total. The van der Waals surface area contributed by atoms with Crippen LogP contribution in [0.25, 0.3) is 0 Å². The number of hydrogen-bond donors (Lipinski definition) is 1. The SMILES string of the molecule is C[C@@H](N)c1ccccc1OC1CCOC2(CCOCC2)C1. The van der Waals surface area contributed by atoms with E-state index in [1.165, 1.54) is 0 Å². The minimum Gasteiger partial charge on any atom is -0.490 e. The summed E-state index contributed by atoms with van der Waals surface area (Å²) in [4.78, 5) is 0. The Kier molecular flexibility index (Phi) is 4.48. The summed E-state index contributed by atoms with van der Waals surface area (Å²) in [5, 5.41) is 0. The summed E-state index contributed by atoms with van der Waals surface area (Å²) >= 11 is 0. The van der Waals surface area contributed by atoms with Crippen molar-refractivity contribution in [3.63, 3.8) is 0 Å². The molecule has 2 aliphatic heterocycles. The Morgan fingerprint density at radius 1 is 1.24 bits per heavy atom. The highest BCUT2D eigenvalue weighted by Crippen LogP contribution is 2.36. The summed E-state index contributed by atoms with van der Waals surface area (Å²) in [7, 11) is 0. The van der Waals surface area contributed by atoms with Crippen LogP contribution >= 0.6 is 0 Å². The quantitative estimate of drug-likeness (QED) is 0.930. The van der Waals surface area contributed by atoms with Crippen molar-refractivity contribution < 1.29 is 14.2 Å². The van der Waals surface area contributed by atoms with E-state index < -0.39 is 0 Å². The Morgan fingerprint density at radius 2 is 2.00 bits per heavy atom. The Labute approximate surface area is 126 Å². The molecule has 3 rings (SSSR count). The molecule has 1 aromatic carbocycles. The van der Waals surface area contributed by atoms with Gasteiger partial charge in [0.25, 0.3) is 0 Å².